The normalized spacial score (nSPS) is 11.0. The number of fused-ring (bicyclic) bond motifs is 1. The molecular formula is C16H14N2O3S. The summed E-state index contributed by atoms with van der Waals surface area (Å²) in [5.74, 6) is -0.514. The largest absolute Gasteiger partial charge is 0.478 e. The van der Waals surface area contributed by atoms with Crippen molar-refractivity contribution in [1.82, 2.24) is 9.55 Å². The van der Waals surface area contributed by atoms with Crippen LogP contribution in [-0.4, -0.2) is 20.6 Å². The molecule has 0 atom stereocenters. The van der Waals surface area contributed by atoms with Crippen molar-refractivity contribution in [2.24, 2.45) is 0 Å². The highest BCUT2D eigenvalue weighted by molar-refractivity contribution is 7.17. The number of rotatable bonds is 4. The zero-order chi connectivity index (χ0) is 15.7. The van der Waals surface area contributed by atoms with Gasteiger partial charge in [-0.1, -0.05) is 37.3 Å². The van der Waals surface area contributed by atoms with E-state index in [1.807, 2.05) is 37.3 Å². The fraction of sp³-hybridized carbons (Fsp3) is 0.188. The smallest absolute Gasteiger partial charge is 0.337 e. The van der Waals surface area contributed by atoms with Crippen molar-refractivity contribution in [1.29, 1.82) is 0 Å². The Bertz CT molecular complexity index is 897. The van der Waals surface area contributed by atoms with Crippen LogP contribution in [0.15, 0.2) is 40.5 Å². The third kappa shape index (κ3) is 2.31. The molecule has 0 amide bonds. The first kappa shape index (κ1) is 14.5. The molecule has 112 valence electrons. The van der Waals surface area contributed by atoms with Gasteiger partial charge in [0.25, 0.3) is 5.56 Å². The topological polar surface area (TPSA) is 72.2 Å². The molecule has 0 fully saturated rings. The van der Waals surface area contributed by atoms with Crippen molar-refractivity contribution in [2.45, 2.75) is 19.9 Å². The average Bonchev–Trinajstić information content (AvgIpc) is 2.95. The zero-order valence-corrected chi connectivity index (χ0v) is 12.8. The van der Waals surface area contributed by atoms with Gasteiger partial charge < -0.3 is 5.11 Å². The van der Waals surface area contributed by atoms with Crippen LogP contribution in [0.2, 0.25) is 0 Å². The second-order valence-electron chi connectivity index (χ2n) is 4.89. The average molecular weight is 314 g/mol. The molecule has 0 spiro atoms. The standard InChI is InChI=1S/C16H14N2O3S/c1-2-8-18-13(10-6-4-3-5-7-10)17-14-12(15(18)19)11(9-22-14)16(20)21/h3-7,9H,2,8H2,1H3,(H,20,21). The van der Waals surface area contributed by atoms with E-state index in [1.54, 1.807) is 4.57 Å². The molecule has 3 aromatic rings. The maximum absolute atomic E-state index is 12.8. The molecule has 0 radical (unpaired) electrons. The second-order valence-corrected chi connectivity index (χ2v) is 5.75. The Morgan fingerprint density at radius 3 is 2.68 bits per heavy atom. The highest BCUT2D eigenvalue weighted by Gasteiger charge is 2.19. The summed E-state index contributed by atoms with van der Waals surface area (Å²) in [6.07, 6.45) is 0.763. The Morgan fingerprint density at radius 1 is 1.32 bits per heavy atom. The lowest BCUT2D eigenvalue weighted by atomic mass is 10.2. The number of carboxylic acids is 1. The van der Waals surface area contributed by atoms with Crippen molar-refractivity contribution in [3.63, 3.8) is 0 Å². The van der Waals surface area contributed by atoms with Gasteiger partial charge in [0.15, 0.2) is 0 Å². The summed E-state index contributed by atoms with van der Waals surface area (Å²) in [5.41, 5.74) is 0.589. The number of carboxylic acid groups (broad SMARTS) is 1. The maximum atomic E-state index is 12.8. The highest BCUT2D eigenvalue weighted by Crippen LogP contribution is 2.25. The molecule has 0 saturated carbocycles. The van der Waals surface area contributed by atoms with Crippen LogP contribution in [-0.2, 0) is 6.54 Å². The van der Waals surface area contributed by atoms with Crippen LogP contribution >= 0.6 is 11.3 Å². The quantitative estimate of drug-likeness (QED) is 0.802. The molecule has 0 aliphatic heterocycles. The molecule has 3 rings (SSSR count). The van der Waals surface area contributed by atoms with Crippen molar-refractivity contribution in [2.75, 3.05) is 0 Å². The summed E-state index contributed by atoms with van der Waals surface area (Å²) in [6.45, 7) is 2.47. The van der Waals surface area contributed by atoms with E-state index in [0.29, 0.717) is 17.2 Å². The summed E-state index contributed by atoms with van der Waals surface area (Å²) >= 11 is 1.19. The van der Waals surface area contributed by atoms with E-state index in [-0.39, 0.29) is 16.5 Å². The van der Waals surface area contributed by atoms with Crippen LogP contribution in [0.1, 0.15) is 23.7 Å². The summed E-state index contributed by atoms with van der Waals surface area (Å²) in [5, 5.41) is 10.9. The zero-order valence-electron chi connectivity index (χ0n) is 11.9. The minimum absolute atomic E-state index is 0.0296. The number of benzene rings is 1. The SMILES string of the molecule is CCCn1c(-c2ccccc2)nc2scc(C(=O)O)c2c1=O. The van der Waals surface area contributed by atoms with Gasteiger partial charge in [0.2, 0.25) is 0 Å². The van der Waals surface area contributed by atoms with Crippen molar-refractivity contribution >= 4 is 27.5 Å². The molecule has 6 heteroatoms. The molecule has 0 aliphatic rings. The van der Waals surface area contributed by atoms with E-state index in [9.17, 15) is 14.7 Å². The highest BCUT2D eigenvalue weighted by atomic mass is 32.1. The monoisotopic (exact) mass is 314 g/mol. The minimum atomic E-state index is -1.10. The molecule has 0 unspecified atom stereocenters. The fourth-order valence-corrected chi connectivity index (χ4v) is 3.32. The summed E-state index contributed by atoms with van der Waals surface area (Å²) < 4.78 is 1.57. The minimum Gasteiger partial charge on any atom is -0.478 e. The first-order valence-electron chi connectivity index (χ1n) is 6.94. The Morgan fingerprint density at radius 2 is 2.05 bits per heavy atom. The third-order valence-corrected chi connectivity index (χ3v) is 4.28. The lowest BCUT2D eigenvalue weighted by Crippen LogP contribution is -2.24. The first-order chi connectivity index (χ1) is 10.6. The van der Waals surface area contributed by atoms with Gasteiger partial charge in [0, 0.05) is 17.5 Å². The molecule has 2 aromatic heterocycles. The predicted octanol–water partition coefficient (Wildman–Crippen LogP) is 3.23. The van der Waals surface area contributed by atoms with Gasteiger partial charge in [-0.2, -0.15) is 0 Å². The van der Waals surface area contributed by atoms with E-state index in [4.69, 9.17) is 0 Å². The van der Waals surface area contributed by atoms with Gasteiger partial charge in [-0.3, -0.25) is 9.36 Å². The van der Waals surface area contributed by atoms with Gasteiger partial charge in [-0.25, -0.2) is 9.78 Å². The van der Waals surface area contributed by atoms with Crippen molar-refractivity contribution in [3.8, 4) is 11.4 Å². The molecule has 0 aliphatic carbocycles. The Hall–Kier alpha value is -2.47. The fourth-order valence-electron chi connectivity index (χ4n) is 2.42. The number of thiophene rings is 1. The Labute approximate surface area is 130 Å². The second kappa shape index (κ2) is 5.73. The van der Waals surface area contributed by atoms with Gasteiger partial charge in [0.05, 0.1) is 10.9 Å². The molecule has 0 saturated heterocycles. The van der Waals surface area contributed by atoms with Gasteiger partial charge in [-0.05, 0) is 6.42 Å². The van der Waals surface area contributed by atoms with Gasteiger partial charge >= 0.3 is 5.97 Å². The summed E-state index contributed by atoms with van der Waals surface area (Å²) in [4.78, 5) is 29.1. The number of aromatic nitrogens is 2. The van der Waals surface area contributed by atoms with E-state index >= 15 is 0 Å². The Balaban J connectivity index is 2.36. The van der Waals surface area contributed by atoms with Gasteiger partial charge in [-0.15, -0.1) is 11.3 Å². The molecule has 1 aromatic carbocycles. The van der Waals surface area contributed by atoms with Crippen LogP contribution in [0.5, 0.6) is 0 Å². The van der Waals surface area contributed by atoms with E-state index in [2.05, 4.69) is 4.98 Å². The van der Waals surface area contributed by atoms with Crippen molar-refractivity contribution in [3.05, 3.63) is 51.6 Å². The van der Waals surface area contributed by atoms with Crippen LogP contribution in [0.3, 0.4) is 0 Å². The van der Waals surface area contributed by atoms with E-state index in [0.717, 1.165) is 12.0 Å². The Kier molecular flexibility index (Phi) is 3.77. The number of hydrogen-bond acceptors (Lipinski definition) is 4. The number of aromatic carboxylic acids is 1. The lowest BCUT2D eigenvalue weighted by Gasteiger charge is -2.11. The molecule has 5 nitrogen and oxygen atoms in total. The number of carbonyl (C=O) groups is 1. The summed E-state index contributed by atoms with van der Waals surface area (Å²) in [6, 6.07) is 9.47. The van der Waals surface area contributed by atoms with Crippen molar-refractivity contribution < 1.29 is 9.90 Å². The van der Waals surface area contributed by atoms with E-state index in [1.165, 1.54) is 16.7 Å². The maximum Gasteiger partial charge on any atom is 0.337 e. The molecule has 1 N–H and O–H groups in total. The summed E-state index contributed by atoms with van der Waals surface area (Å²) in [7, 11) is 0. The first-order valence-corrected chi connectivity index (χ1v) is 7.82. The molecule has 2 heterocycles. The van der Waals surface area contributed by atoms with E-state index < -0.39 is 5.97 Å². The van der Waals surface area contributed by atoms with Crippen LogP contribution < -0.4 is 5.56 Å². The molecular weight excluding hydrogens is 300 g/mol. The molecule has 0 bridgehead atoms. The third-order valence-electron chi connectivity index (χ3n) is 3.40. The van der Waals surface area contributed by atoms with Crippen LogP contribution in [0.4, 0.5) is 0 Å². The van der Waals surface area contributed by atoms with Gasteiger partial charge in [0.1, 0.15) is 10.7 Å². The van der Waals surface area contributed by atoms with Crippen LogP contribution in [0.25, 0.3) is 21.6 Å². The number of nitrogens with zero attached hydrogens (tertiary/aromatic N) is 2. The lowest BCUT2D eigenvalue weighted by molar-refractivity contribution is 0.0699. The molecule has 22 heavy (non-hydrogen) atoms. The predicted molar refractivity (Wildman–Crippen MR) is 86.6 cm³/mol. The van der Waals surface area contributed by atoms with Crippen LogP contribution in [0, 0.1) is 0 Å². The number of hydrogen-bond donors (Lipinski definition) is 1.